The molecule has 0 bridgehead atoms. The predicted octanol–water partition coefficient (Wildman–Crippen LogP) is 4.00. The number of carbonyl (C=O) groups excluding carboxylic acids is 1. The second-order valence-electron chi connectivity index (χ2n) is 5.99. The first-order valence-electron chi connectivity index (χ1n) is 8.08. The Kier molecular flexibility index (Phi) is 5.04. The highest BCUT2D eigenvalue weighted by atomic mass is 32.2. The minimum Gasteiger partial charge on any atom is -0.459 e. The molecule has 24 heavy (non-hydrogen) atoms. The average Bonchev–Trinajstić information content (AvgIpc) is 3.03. The van der Waals surface area contributed by atoms with E-state index in [1.54, 1.807) is 23.9 Å². The maximum atomic E-state index is 11.9. The maximum absolute atomic E-state index is 11.9. The van der Waals surface area contributed by atoms with Crippen molar-refractivity contribution in [2.24, 2.45) is 0 Å². The molecule has 2 aromatic rings. The van der Waals surface area contributed by atoms with Gasteiger partial charge in [0, 0.05) is 11.3 Å². The number of aryl methyl sites for hydroxylation is 1. The van der Waals surface area contributed by atoms with Gasteiger partial charge >= 0.3 is 5.97 Å². The lowest BCUT2D eigenvalue weighted by atomic mass is 10.2. The minimum atomic E-state index is -0.302. The fraction of sp³-hybridized carbons (Fsp3) is 0.389. The van der Waals surface area contributed by atoms with E-state index in [-0.39, 0.29) is 12.1 Å². The van der Waals surface area contributed by atoms with Crippen LogP contribution in [0.25, 0.3) is 0 Å². The van der Waals surface area contributed by atoms with E-state index in [1.165, 1.54) is 5.56 Å². The Balaban J connectivity index is 1.80. The van der Waals surface area contributed by atoms with Gasteiger partial charge in [-0.25, -0.2) is 14.8 Å². The minimum absolute atomic E-state index is 0.121. The fourth-order valence-corrected chi connectivity index (χ4v) is 3.10. The number of ether oxygens (including phenoxy) is 1. The number of esters is 1. The Morgan fingerprint density at radius 2 is 1.96 bits per heavy atom. The van der Waals surface area contributed by atoms with Crippen molar-refractivity contribution >= 4 is 29.2 Å². The quantitative estimate of drug-likeness (QED) is 0.503. The van der Waals surface area contributed by atoms with Crippen molar-refractivity contribution in [3.8, 4) is 0 Å². The van der Waals surface area contributed by atoms with Crippen LogP contribution in [0, 0.1) is 0 Å². The van der Waals surface area contributed by atoms with Gasteiger partial charge in [-0.2, -0.15) is 0 Å². The summed E-state index contributed by atoms with van der Waals surface area (Å²) in [7, 11) is 0. The van der Waals surface area contributed by atoms with Crippen molar-refractivity contribution in [2.75, 3.05) is 11.6 Å². The summed E-state index contributed by atoms with van der Waals surface area (Å²) in [4.78, 5) is 21.1. The van der Waals surface area contributed by atoms with Gasteiger partial charge in [0.05, 0.1) is 17.4 Å². The molecular formula is C18H21N3O2S. The Hall–Kier alpha value is -2.08. The summed E-state index contributed by atoms with van der Waals surface area (Å²) in [6, 6.07) is 7.28. The average molecular weight is 343 g/mol. The van der Waals surface area contributed by atoms with Gasteiger partial charge in [0.2, 0.25) is 0 Å². The largest absolute Gasteiger partial charge is 0.459 e. The van der Waals surface area contributed by atoms with Gasteiger partial charge in [-0.1, -0.05) is 11.8 Å². The van der Waals surface area contributed by atoms with E-state index in [0.29, 0.717) is 5.56 Å². The van der Waals surface area contributed by atoms with Crippen LogP contribution in [-0.4, -0.2) is 28.3 Å². The highest BCUT2D eigenvalue weighted by Gasteiger charge is 2.19. The fourth-order valence-electron chi connectivity index (χ4n) is 2.71. The van der Waals surface area contributed by atoms with Crippen molar-refractivity contribution in [3.63, 3.8) is 0 Å². The number of rotatable bonds is 5. The highest BCUT2D eigenvalue weighted by molar-refractivity contribution is 7.98. The van der Waals surface area contributed by atoms with E-state index >= 15 is 0 Å². The molecule has 0 fully saturated rings. The number of nitrogens with zero attached hydrogens (tertiary/aromatic N) is 2. The predicted molar refractivity (Wildman–Crippen MR) is 96.1 cm³/mol. The molecule has 0 amide bonds. The van der Waals surface area contributed by atoms with Crippen LogP contribution in [0.2, 0.25) is 0 Å². The number of thioether (sulfide) groups is 1. The molecule has 1 aliphatic rings. The molecule has 3 rings (SSSR count). The van der Waals surface area contributed by atoms with Crippen molar-refractivity contribution in [1.29, 1.82) is 0 Å². The number of hydrogen-bond acceptors (Lipinski definition) is 6. The van der Waals surface area contributed by atoms with Gasteiger partial charge in [0.25, 0.3) is 0 Å². The van der Waals surface area contributed by atoms with Gasteiger partial charge in [-0.05, 0) is 63.6 Å². The molecule has 0 saturated carbocycles. The number of benzene rings is 1. The van der Waals surface area contributed by atoms with E-state index in [1.807, 2.05) is 32.2 Å². The second kappa shape index (κ2) is 7.21. The van der Waals surface area contributed by atoms with Crippen LogP contribution in [0.5, 0.6) is 0 Å². The summed E-state index contributed by atoms with van der Waals surface area (Å²) in [6.45, 7) is 3.68. The Morgan fingerprint density at radius 3 is 2.62 bits per heavy atom. The van der Waals surface area contributed by atoms with E-state index in [0.717, 1.165) is 41.6 Å². The van der Waals surface area contributed by atoms with Gasteiger partial charge in [-0.3, -0.25) is 0 Å². The molecule has 0 unspecified atom stereocenters. The second-order valence-corrected chi connectivity index (χ2v) is 6.77. The Bertz CT molecular complexity index is 745. The summed E-state index contributed by atoms with van der Waals surface area (Å²) in [5.41, 5.74) is 3.80. The zero-order chi connectivity index (χ0) is 17.1. The number of hydrogen-bond donors (Lipinski definition) is 1. The maximum Gasteiger partial charge on any atom is 0.338 e. The lowest BCUT2D eigenvalue weighted by molar-refractivity contribution is 0.0378. The Labute approximate surface area is 146 Å². The number of anilines is 2. The number of fused-ring (bicyclic) bond motifs is 1. The van der Waals surface area contributed by atoms with Crippen LogP contribution in [0.15, 0.2) is 29.4 Å². The monoisotopic (exact) mass is 343 g/mol. The number of nitrogens with one attached hydrogen (secondary N) is 1. The van der Waals surface area contributed by atoms with Crippen LogP contribution in [0.1, 0.15) is 41.9 Å². The molecule has 0 radical (unpaired) electrons. The molecule has 1 aromatic heterocycles. The van der Waals surface area contributed by atoms with Crippen LogP contribution in [0.4, 0.5) is 11.5 Å². The third kappa shape index (κ3) is 3.70. The molecule has 5 nitrogen and oxygen atoms in total. The van der Waals surface area contributed by atoms with Crippen LogP contribution < -0.4 is 5.32 Å². The first-order valence-corrected chi connectivity index (χ1v) is 9.31. The van der Waals surface area contributed by atoms with E-state index in [9.17, 15) is 4.79 Å². The Morgan fingerprint density at radius 1 is 1.21 bits per heavy atom. The number of carbonyl (C=O) groups is 1. The molecule has 126 valence electrons. The first-order chi connectivity index (χ1) is 11.6. The molecule has 0 atom stereocenters. The van der Waals surface area contributed by atoms with Crippen LogP contribution >= 0.6 is 11.8 Å². The van der Waals surface area contributed by atoms with Crippen molar-refractivity contribution in [1.82, 2.24) is 9.97 Å². The summed E-state index contributed by atoms with van der Waals surface area (Å²) in [5, 5.41) is 4.16. The standard InChI is InChI=1S/C18H21N3O2S/c1-11(2)23-17(22)12-7-9-13(10-8-12)19-16-14-5-4-6-15(14)20-18(21-16)24-3/h7-11H,4-6H2,1-3H3,(H,19,20,21). The first kappa shape index (κ1) is 16.8. The zero-order valence-corrected chi connectivity index (χ0v) is 14.9. The van der Waals surface area contributed by atoms with E-state index in [4.69, 9.17) is 4.74 Å². The molecule has 1 heterocycles. The van der Waals surface area contributed by atoms with E-state index < -0.39 is 0 Å². The number of aromatic nitrogens is 2. The third-order valence-electron chi connectivity index (χ3n) is 3.82. The summed E-state index contributed by atoms with van der Waals surface area (Å²) in [5.74, 6) is 0.573. The molecule has 0 aliphatic heterocycles. The lowest BCUT2D eigenvalue weighted by Crippen LogP contribution is -2.11. The third-order valence-corrected chi connectivity index (χ3v) is 4.37. The van der Waals surface area contributed by atoms with Gasteiger partial charge < -0.3 is 10.1 Å². The van der Waals surface area contributed by atoms with Crippen LogP contribution in [-0.2, 0) is 17.6 Å². The summed E-state index contributed by atoms with van der Waals surface area (Å²) in [6.07, 6.45) is 5.00. The zero-order valence-electron chi connectivity index (χ0n) is 14.1. The molecule has 6 heteroatoms. The smallest absolute Gasteiger partial charge is 0.338 e. The van der Waals surface area contributed by atoms with Crippen molar-refractivity contribution in [2.45, 2.75) is 44.4 Å². The molecule has 1 aliphatic carbocycles. The topological polar surface area (TPSA) is 64.1 Å². The summed E-state index contributed by atoms with van der Waals surface area (Å²) >= 11 is 1.55. The summed E-state index contributed by atoms with van der Waals surface area (Å²) < 4.78 is 5.20. The van der Waals surface area contributed by atoms with Gasteiger partial charge in [-0.15, -0.1) is 0 Å². The molecule has 0 spiro atoms. The van der Waals surface area contributed by atoms with Gasteiger partial charge in [0.15, 0.2) is 5.16 Å². The molecule has 1 aromatic carbocycles. The molecule has 0 saturated heterocycles. The van der Waals surface area contributed by atoms with Gasteiger partial charge in [0.1, 0.15) is 5.82 Å². The molecular weight excluding hydrogens is 322 g/mol. The highest BCUT2D eigenvalue weighted by Crippen LogP contribution is 2.30. The normalized spacial score (nSPS) is 13.0. The molecule has 1 N–H and O–H groups in total. The van der Waals surface area contributed by atoms with Crippen LogP contribution in [0.3, 0.4) is 0 Å². The SMILES string of the molecule is CSc1nc2c(c(Nc3ccc(C(=O)OC(C)C)cc3)n1)CCC2. The van der Waals surface area contributed by atoms with Crippen molar-refractivity contribution < 1.29 is 9.53 Å². The van der Waals surface area contributed by atoms with Crippen molar-refractivity contribution in [3.05, 3.63) is 41.1 Å². The van der Waals surface area contributed by atoms with E-state index in [2.05, 4.69) is 15.3 Å². The lowest BCUT2D eigenvalue weighted by Gasteiger charge is -2.12.